The van der Waals surface area contributed by atoms with Gasteiger partial charge >= 0.3 is 5.97 Å². The van der Waals surface area contributed by atoms with Gasteiger partial charge in [-0.1, -0.05) is 0 Å². The van der Waals surface area contributed by atoms with Crippen LogP contribution in [0, 0.1) is 0 Å². The summed E-state index contributed by atoms with van der Waals surface area (Å²) in [5.41, 5.74) is 5.53. The van der Waals surface area contributed by atoms with Crippen molar-refractivity contribution in [1.29, 1.82) is 0 Å². The summed E-state index contributed by atoms with van der Waals surface area (Å²) >= 11 is 0. The molecule has 0 atom stereocenters. The second-order valence-electron chi connectivity index (χ2n) is 3.82. The highest BCUT2D eigenvalue weighted by molar-refractivity contribution is 5.92. The molecule has 1 saturated heterocycles. The quantitative estimate of drug-likeness (QED) is 0.767. The Labute approximate surface area is 93.1 Å². The normalized spacial score (nSPS) is 16.1. The van der Waals surface area contributed by atoms with Crippen molar-refractivity contribution in [2.24, 2.45) is 0 Å². The smallest absolute Gasteiger partial charge is 0.341 e. The van der Waals surface area contributed by atoms with Gasteiger partial charge < -0.3 is 15.7 Å². The Kier molecular flexibility index (Phi) is 2.89. The maximum atomic E-state index is 10.7. The minimum Gasteiger partial charge on any atom is -0.477 e. The summed E-state index contributed by atoms with van der Waals surface area (Å²) in [5, 5.41) is 8.79. The molecule has 0 aromatic carbocycles. The van der Waals surface area contributed by atoms with Crippen LogP contribution in [0.15, 0.2) is 6.20 Å². The van der Waals surface area contributed by atoms with Gasteiger partial charge in [-0.3, -0.25) is 0 Å². The van der Waals surface area contributed by atoms with E-state index in [-0.39, 0.29) is 11.4 Å². The zero-order valence-electron chi connectivity index (χ0n) is 8.89. The lowest BCUT2D eigenvalue weighted by Crippen LogP contribution is -2.31. The van der Waals surface area contributed by atoms with E-state index in [1.807, 2.05) is 4.90 Å². The summed E-state index contributed by atoms with van der Waals surface area (Å²) < 4.78 is 0. The number of anilines is 2. The molecular formula is C10H14N4O2. The van der Waals surface area contributed by atoms with Gasteiger partial charge in [-0.15, -0.1) is 0 Å². The van der Waals surface area contributed by atoms with Crippen molar-refractivity contribution in [2.75, 3.05) is 23.7 Å². The Morgan fingerprint density at radius 1 is 1.38 bits per heavy atom. The number of carbonyl (C=O) groups is 1. The van der Waals surface area contributed by atoms with E-state index in [1.54, 1.807) is 0 Å². The van der Waals surface area contributed by atoms with E-state index in [2.05, 4.69) is 9.97 Å². The van der Waals surface area contributed by atoms with Gasteiger partial charge in [-0.2, -0.15) is 4.98 Å². The zero-order chi connectivity index (χ0) is 11.5. The Bertz CT molecular complexity index is 402. The number of rotatable bonds is 2. The average molecular weight is 222 g/mol. The number of carboxylic acid groups (broad SMARTS) is 1. The molecule has 86 valence electrons. The van der Waals surface area contributed by atoms with Crippen molar-refractivity contribution in [3.8, 4) is 0 Å². The number of hydrogen-bond acceptors (Lipinski definition) is 5. The Balaban J connectivity index is 2.23. The van der Waals surface area contributed by atoms with Gasteiger partial charge in [0.25, 0.3) is 0 Å². The molecule has 0 unspecified atom stereocenters. The van der Waals surface area contributed by atoms with Crippen LogP contribution in [0.1, 0.15) is 29.6 Å². The fraction of sp³-hybridized carbons (Fsp3) is 0.500. The molecule has 0 spiro atoms. The van der Waals surface area contributed by atoms with Crippen LogP contribution in [0.5, 0.6) is 0 Å². The second-order valence-corrected chi connectivity index (χ2v) is 3.82. The third kappa shape index (κ3) is 2.05. The third-order valence-electron chi connectivity index (χ3n) is 2.67. The van der Waals surface area contributed by atoms with Crippen LogP contribution < -0.4 is 10.6 Å². The summed E-state index contributed by atoms with van der Waals surface area (Å²) in [5.74, 6) is -0.534. The first-order valence-electron chi connectivity index (χ1n) is 5.29. The number of aromatic carboxylic acids is 1. The molecule has 2 heterocycles. The standard InChI is InChI=1S/C10H14N4O2/c11-8-7(9(15)16)6-12-10(13-8)14-4-2-1-3-5-14/h6H,1-5H2,(H,15,16)(H2,11,12,13). The first-order valence-corrected chi connectivity index (χ1v) is 5.29. The fourth-order valence-electron chi connectivity index (χ4n) is 1.80. The van der Waals surface area contributed by atoms with E-state index in [0.29, 0.717) is 5.95 Å². The average Bonchev–Trinajstić information content (AvgIpc) is 2.29. The van der Waals surface area contributed by atoms with Crippen molar-refractivity contribution in [1.82, 2.24) is 9.97 Å². The number of nitrogens with zero attached hydrogens (tertiary/aromatic N) is 3. The van der Waals surface area contributed by atoms with E-state index in [9.17, 15) is 4.79 Å². The van der Waals surface area contributed by atoms with Crippen LogP contribution in [0.4, 0.5) is 11.8 Å². The first-order chi connectivity index (χ1) is 7.68. The van der Waals surface area contributed by atoms with Gasteiger partial charge in [-0.05, 0) is 19.3 Å². The molecule has 16 heavy (non-hydrogen) atoms. The fourth-order valence-corrected chi connectivity index (χ4v) is 1.80. The van der Waals surface area contributed by atoms with Crippen molar-refractivity contribution < 1.29 is 9.90 Å². The Hall–Kier alpha value is -1.85. The SMILES string of the molecule is Nc1nc(N2CCCCC2)ncc1C(=O)O. The van der Waals surface area contributed by atoms with Gasteiger partial charge in [0.05, 0.1) is 0 Å². The lowest BCUT2D eigenvalue weighted by atomic mass is 10.1. The summed E-state index contributed by atoms with van der Waals surface area (Å²) in [6, 6.07) is 0. The van der Waals surface area contributed by atoms with Crippen molar-refractivity contribution in [3.05, 3.63) is 11.8 Å². The van der Waals surface area contributed by atoms with Crippen molar-refractivity contribution in [3.63, 3.8) is 0 Å². The van der Waals surface area contributed by atoms with Gasteiger partial charge in [0.2, 0.25) is 5.95 Å². The lowest BCUT2D eigenvalue weighted by molar-refractivity contribution is 0.0697. The van der Waals surface area contributed by atoms with E-state index in [0.717, 1.165) is 25.9 Å². The van der Waals surface area contributed by atoms with E-state index in [4.69, 9.17) is 10.8 Å². The van der Waals surface area contributed by atoms with Crippen molar-refractivity contribution in [2.45, 2.75) is 19.3 Å². The highest BCUT2D eigenvalue weighted by Crippen LogP contribution is 2.17. The maximum absolute atomic E-state index is 10.7. The number of aromatic nitrogens is 2. The van der Waals surface area contributed by atoms with Crippen LogP contribution >= 0.6 is 0 Å². The summed E-state index contributed by atoms with van der Waals surface area (Å²) in [4.78, 5) is 20.8. The lowest BCUT2D eigenvalue weighted by Gasteiger charge is -2.26. The van der Waals surface area contributed by atoms with Gasteiger partial charge in [-0.25, -0.2) is 9.78 Å². The first kappa shape index (κ1) is 10.7. The molecule has 0 amide bonds. The minimum absolute atomic E-state index is 0.0306. The molecule has 0 radical (unpaired) electrons. The molecule has 1 fully saturated rings. The van der Waals surface area contributed by atoms with Gasteiger partial charge in [0.15, 0.2) is 0 Å². The molecule has 0 bridgehead atoms. The number of piperidine rings is 1. The molecule has 1 aliphatic heterocycles. The number of hydrogen-bond donors (Lipinski definition) is 2. The topological polar surface area (TPSA) is 92.3 Å². The van der Waals surface area contributed by atoms with Gasteiger partial charge in [0, 0.05) is 19.3 Å². The largest absolute Gasteiger partial charge is 0.477 e. The molecule has 0 saturated carbocycles. The summed E-state index contributed by atoms with van der Waals surface area (Å²) in [6.45, 7) is 1.82. The molecule has 2 rings (SSSR count). The molecule has 1 aromatic heterocycles. The zero-order valence-corrected chi connectivity index (χ0v) is 8.89. The van der Waals surface area contributed by atoms with Crippen LogP contribution in [0.3, 0.4) is 0 Å². The summed E-state index contributed by atoms with van der Waals surface area (Å²) in [7, 11) is 0. The highest BCUT2D eigenvalue weighted by Gasteiger charge is 2.16. The molecular weight excluding hydrogens is 208 g/mol. The molecule has 3 N–H and O–H groups in total. The van der Waals surface area contributed by atoms with E-state index < -0.39 is 5.97 Å². The molecule has 0 aliphatic carbocycles. The molecule has 6 nitrogen and oxygen atoms in total. The van der Waals surface area contributed by atoms with Crippen LogP contribution in [-0.2, 0) is 0 Å². The number of carboxylic acids is 1. The van der Waals surface area contributed by atoms with Crippen LogP contribution in [0.25, 0.3) is 0 Å². The maximum Gasteiger partial charge on any atom is 0.341 e. The van der Waals surface area contributed by atoms with E-state index in [1.165, 1.54) is 12.6 Å². The summed E-state index contributed by atoms with van der Waals surface area (Å²) in [6.07, 6.45) is 4.72. The van der Waals surface area contributed by atoms with Gasteiger partial charge in [0.1, 0.15) is 11.4 Å². The number of nitrogen functional groups attached to an aromatic ring is 1. The minimum atomic E-state index is -1.09. The Morgan fingerprint density at radius 2 is 2.06 bits per heavy atom. The Morgan fingerprint density at radius 3 is 2.62 bits per heavy atom. The van der Waals surface area contributed by atoms with Crippen LogP contribution in [-0.4, -0.2) is 34.1 Å². The monoisotopic (exact) mass is 222 g/mol. The predicted octanol–water partition coefficient (Wildman–Crippen LogP) is 0.747. The van der Waals surface area contributed by atoms with E-state index >= 15 is 0 Å². The molecule has 1 aromatic rings. The second kappa shape index (κ2) is 4.34. The van der Waals surface area contributed by atoms with Crippen LogP contribution in [0.2, 0.25) is 0 Å². The number of nitrogens with two attached hydrogens (primary N) is 1. The van der Waals surface area contributed by atoms with Crippen molar-refractivity contribution >= 4 is 17.7 Å². The molecule has 6 heteroatoms. The highest BCUT2D eigenvalue weighted by atomic mass is 16.4. The third-order valence-corrected chi connectivity index (χ3v) is 2.67. The molecule has 1 aliphatic rings. The predicted molar refractivity (Wildman–Crippen MR) is 59.5 cm³/mol.